The van der Waals surface area contributed by atoms with Crippen LogP contribution in [0.3, 0.4) is 0 Å². The van der Waals surface area contributed by atoms with Crippen LogP contribution in [0.1, 0.15) is 47.6 Å². The quantitative estimate of drug-likeness (QED) is 0.475. The molecule has 1 aliphatic rings. The number of nitro groups is 1. The molecular formula is C19H21N3O5. The van der Waals surface area contributed by atoms with Crippen LogP contribution in [0.25, 0.3) is 0 Å². The third-order valence-corrected chi connectivity index (χ3v) is 4.63. The molecule has 0 spiro atoms. The number of nitrogens with zero attached hydrogens (tertiary/aromatic N) is 2. The fourth-order valence-corrected chi connectivity index (χ4v) is 3.13. The first-order valence-electron chi connectivity index (χ1n) is 8.73. The average Bonchev–Trinajstić information content (AvgIpc) is 3.40. The summed E-state index contributed by atoms with van der Waals surface area (Å²) in [5.74, 6) is -1.21. The van der Waals surface area contributed by atoms with Crippen molar-refractivity contribution in [2.45, 2.75) is 45.8 Å². The van der Waals surface area contributed by atoms with E-state index in [-0.39, 0.29) is 11.4 Å². The molecule has 142 valence electrons. The van der Waals surface area contributed by atoms with E-state index in [1.54, 1.807) is 12.1 Å². The maximum absolute atomic E-state index is 12.5. The van der Waals surface area contributed by atoms with E-state index in [0.717, 1.165) is 24.2 Å². The van der Waals surface area contributed by atoms with E-state index in [9.17, 15) is 19.7 Å². The Morgan fingerprint density at radius 3 is 2.59 bits per heavy atom. The Kier molecular flexibility index (Phi) is 4.98. The third-order valence-electron chi connectivity index (χ3n) is 4.63. The summed E-state index contributed by atoms with van der Waals surface area (Å²) in [5, 5.41) is 13.5. The number of aryl methyl sites for hydroxylation is 1. The predicted octanol–water partition coefficient (Wildman–Crippen LogP) is 3.53. The van der Waals surface area contributed by atoms with Gasteiger partial charge in [0.25, 0.3) is 11.6 Å². The molecule has 1 N–H and O–H groups in total. The molecule has 8 nitrogen and oxygen atoms in total. The van der Waals surface area contributed by atoms with Crippen molar-refractivity contribution in [2.75, 3.05) is 5.32 Å². The molecule has 27 heavy (non-hydrogen) atoms. The second kappa shape index (κ2) is 7.22. The summed E-state index contributed by atoms with van der Waals surface area (Å²) < 4.78 is 7.41. The van der Waals surface area contributed by atoms with Crippen molar-refractivity contribution < 1.29 is 19.2 Å². The van der Waals surface area contributed by atoms with Gasteiger partial charge in [0.05, 0.1) is 10.5 Å². The van der Waals surface area contributed by atoms with Crippen molar-refractivity contribution in [2.24, 2.45) is 0 Å². The number of esters is 1. The Balaban J connectivity index is 1.69. The topological polar surface area (TPSA) is 103 Å². The number of aromatic nitrogens is 1. The molecule has 1 aliphatic carbocycles. The first-order valence-corrected chi connectivity index (χ1v) is 8.73. The van der Waals surface area contributed by atoms with Crippen LogP contribution >= 0.6 is 0 Å². The molecule has 8 heteroatoms. The minimum Gasteiger partial charge on any atom is -0.449 e. The lowest BCUT2D eigenvalue weighted by Gasteiger charge is -2.14. The van der Waals surface area contributed by atoms with E-state index in [2.05, 4.69) is 9.88 Å². The highest BCUT2D eigenvalue weighted by molar-refractivity contribution is 5.99. The van der Waals surface area contributed by atoms with Crippen molar-refractivity contribution in [3.8, 4) is 0 Å². The molecule has 0 unspecified atom stereocenters. The van der Waals surface area contributed by atoms with E-state index in [1.807, 2.05) is 13.8 Å². The Bertz CT molecular complexity index is 914. The molecule has 0 aliphatic heterocycles. The number of hydrogen-bond acceptors (Lipinski definition) is 5. The van der Waals surface area contributed by atoms with Gasteiger partial charge >= 0.3 is 5.97 Å². The van der Waals surface area contributed by atoms with Crippen LogP contribution in [-0.2, 0) is 9.53 Å². The number of carbonyl (C=O) groups excluding carboxylic acids is 2. The van der Waals surface area contributed by atoms with Gasteiger partial charge in [0.15, 0.2) is 6.10 Å². The van der Waals surface area contributed by atoms with Crippen LogP contribution in [0, 0.1) is 24.0 Å². The summed E-state index contributed by atoms with van der Waals surface area (Å²) in [5.41, 5.74) is 2.08. The van der Waals surface area contributed by atoms with Gasteiger partial charge in [-0.1, -0.05) is 12.1 Å². The normalized spacial score (nSPS) is 14.5. The smallest absolute Gasteiger partial charge is 0.340 e. The van der Waals surface area contributed by atoms with Gasteiger partial charge < -0.3 is 14.6 Å². The maximum Gasteiger partial charge on any atom is 0.340 e. The zero-order valence-electron chi connectivity index (χ0n) is 15.4. The number of ether oxygens (including phenoxy) is 1. The fraction of sp³-hybridized carbons (Fsp3) is 0.368. The van der Waals surface area contributed by atoms with Gasteiger partial charge in [-0.2, -0.15) is 0 Å². The van der Waals surface area contributed by atoms with Crippen molar-refractivity contribution in [1.29, 1.82) is 0 Å². The summed E-state index contributed by atoms with van der Waals surface area (Å²) >= 11 is 0. The molecular weight excluding hydrogens is 350 g/mol. The van der Waals surface area contributed by atoms with Crippen molar-refractivity contribution in [3.05, 3.63) is 57.4 Å². The number of hydrogen-bond donors (Lipinski definition) is 1. The van der Waals surface area contributed by atoms with Crippen LogP contribution < -0.4 is 5.32 Å². The Hall–Kier alpha value is -3.16. The highest BCUT2D eigenvalue weighted by Crippen LogP contribution is 2.38. The number of nitrogens with one attached hydrogen (secondary N) is 1. The zero-order chi connectivity index (χ0) is 19.7. The predicted molar refractivity (Wildman–Crippen MR) is 98.8 cm³/mol. The minimum atomic E-state index is -1.10. The third kappa shape index (κ3) is 3.84. The summed E-state index contributed by atoms with van der Waals surface area (Å²) in [7, 11) is 0. The number of nitro benzene ring substituents is 1. The number of para-hydroxylation sites is 2. The van der Waals surface area contributed by atoms with Crippen molar-refractivity contribution in [1.82, 2.24) is 4.57 Å². The molecule has 1 saturated carbocycles. The second-order valence-corrected chi connectivity index (χ2v) is 6.70. The van der Waals surface area contributed by atoms with Gasteiger partial charge in [-0.25, -0.2) is 4.79 Å². The number of amides is 1. The Morgan fingerprint density at radius 2 is 1.96 bits per heavy atom. The molecule has 0 bridgehead atoms. The monoisotopic (exact) mass is 371 g/mol. The summed E-state index contributed by atoms with van der Waals surface area (Å²) in [4.78, 5) is 35.3. The molecule has 1 aromatic heterocycles. The first kappa shape index (κ1) is 18.6. The van der Waals surface area contributed by atoms with Gasteiger partial charge in [-0.05, 0) is 45.7 Å². The first-order chi connectivity index (χ1) is 12.8. The number of rotatable bonds is 6. The Morgan fingerprint density at radius 1 is 1.30 bits per heavy atom. The van der Waals surface area contributed by atoms with Gasteiger partial charge in [-0.15, -0.1) is 0 Å². The lowest BCUT2D eigenvalue weighted by molar-refractivity contribution is -0.383. The molecule has 1 heterocycles. The molecule has 1 amide bonds. The number of anilines is 1. The largest absolute Gasteiger partial charge is 0.449 e. The zero-order valence-corrected chi connectivity index (χ0v) is 15.4. The van der Waals surface area contributed by atoms with Gasteiger partial charge in [0.1, 0.15) is 5.69 Å². The van der Waals surface area contributed by atoms with Gasteiger partial charge in [-0.3, -0.25) is 14.9 Å². The second-order valence-electron chi connectivity index (χ2n) is 6.70. The van der Waals surface area contributed by atoms with E-state index >= 15 is 0 Å². The molecule has 0 saturated heterocycles. The van der Waals surface area contributed by atoms with Crippen LogP contribution in [0.2, 0.25) is 0 Å². The highest BCUT2D eigenvalue weighted by Gasteiger charge is 2.30. The fourth-order valence-electron chi connectivity index (χ4n) is 3.13. The van der Waals surface area contributed by atoms with Gasteiger partial charge in [0.2, 0.25) is 0 Å². The van der Waals surface area contributed by atoms with Crippen molar-refractivity contribution >= 4 is 23.3 Å². The van der Waals surface area contributed by atoms with E-state index < -0.39 is 22.9 Å². The lowest BCUT2D eigenvalue weighted by Crippen LogP contribution is -2.30. The van der Waals surface area contributed by atoms with Gasteiger partial charge in [0, 0.05) is 23.5 Å². The van der Waals surface area contributed by atoms with Crippen LogP contribution in [0.15, 0.2) is 30.3 Å². The summed E-state index contributed by atoms with van der Waals surface area (Å²) in [6.45, 7) is 5.23. The van der Waals surface area contributed by atoms with E-state index in [4.69, 9.17) is 4.74 Å². The number of carbonyl (C=O) groups is 2. The van der Waals surface area contributed by atoms with E-state index in [0.29, 0.717) is 11.6 Å². The molecule has 1 atom stereocenters. The average molecular weight is 371 g/mol. The van der Waals surface area contributed by atoms with Crippen LogP contribution in [0.4, 0.5) is 11.4 Å². The summed E-state index contributed by atoms with van der Waals surface area (Å²) in [6.07, 6.45) is 1.10. The van der Waals surface area contributed by atoms with E-state index in [1.165, 1.54) is 25.1 Å². The molecule has 1 aromatic carbocycles. The van der Waals surface area contributed by atoms with Crippen molar-refractivity contribution in [3.63, 3.8) is 0 Å². The standard InChI is InChI=1S/C19H21N3O5/c1-11-10-15(12(2)21(11)14-8-9-14)19(24)27-13(3)18(23)20-16-6-4-5-7-17(16)22(25)26/h4-7,10,13-14H,8-9H2,1-3H3,(H,20,23)/t13-/m1/s1. The molecule has 2 aromatic rings. The van der Waals surface area contributed by atoms with Crippen LogP contribution in [-0.4, -0.2) is 27.5 Å². The Labute approximate surface area is 156 Å². The molecule has 0 radical (unpaired) electrons. The minimum absolute atomic E-state index is 0.0577. The SMILES string of the molecule is Cc1cc(C(=O)O[C@H](C)C(=O)Nc2ccccc2[N+](=O)[O-])c(C)n1C1CC1. The lowest BCUT2D eigenvalue weighted by atomic mass is 10.2. The maximum atomic E-state index is 12.5. The summed E-state index contributed by atoms with van der Waals surface area (Å²) in [6, 6.07) is 8.00. The molecule has 3 rings (SSSR count). The highest BCUT2D eigenvalue weighted by atomic mass is 16.6. The molecule has 1 fully saturated rings. The number of benzene rings is 1. The van der Waals surface area contributed by atoms with Crippen LogP contribution in [0.5, 0.6) is 0 Å².